The lowest BCUT2D eigenvalue weighted by Gasteiger charge is -2.31. The summed E-state index contributed by atoms with van der Waals surface area (Å²) in [6.45, 7) is 12.1. The van der Waals surface area contributed by atoms with Crippen LogP contribution in [0.1, 0.15) is 63.8 Å². The average molecular weight is 431 g/mol. The fourth-order valence-corrected chi connectivity index (χ4v) is 4.63. The molecule has 0 heterocycles. The summed E-state index contributed by atoms with van der Waals surface area (Å²) in [6.07, 6.45) is 1.50. The van der Waals surface area contributed by atoms with Gasteiger partial charge in [0, 0.05) is 0 Å². The number of benzene rings is 2. The van der Waals surface area contributed by atoms with E-state index in [0.29, 0.717) is 12.1 Å². The van der Waals surface area contributed by atoms with Gasteiger partial charge in [0.05, 0.1) is 18.0 Å². The first kappa shape index (κ1) is 23.9. The van der Waals surface area contributed by atoms with Crippen molar-refractivity contribution in [3.8, 4) is 0 Å². The molecule has 5 nitrogen and oxygen atoms in total. The van der Waals surface area contributed by atoms with Crippen molar-refractivity contribution in [2.45, 2.75) is 65.5 Å². The van der Waals surface area contributed by atoms with Crippen molar-refractivity contribution in [3.63, 3.8) is 0 Å². The van der Waals surface area contributed by atoms with Crippen molar-refractivity contribution in [2.75, 3.05) is 10.6 Å². The Hall–Kier alpha value is -2.34. The van der Waals surface area contributed by atoms with E-state index in [1.54, 1.807) is 12.1 Å². The number of carbonyl (C=O) groups excluding carboxylic acids is 1. The van der Waals surface area contributed by atoms with Gasteiger partial charge in [-0.05, 0) is 48.9 Å². The Balaban J connectivity index is 2.26. The Morgan fingerprint density at radius 3 is 2.00 bits per heavy atom. The van der Waals surface area contributed by atoms with E-state index in [0.717, 1.165) is 17.4 Å². The molecule has 6 heteroatoms. The van der Waals surface area contributed by atoms with Crippen molar-refractivity contribution in [3.05, 3.63) is 65.2 Å². The highest BCUT2D eigenvalue weighted by Gasteiger charge is 2.32. The quantitative estimate of drug-likeness (QED) is 0.691. The molecule has 0 aliphatic rings. The molecule has 0 aliphatic heterocycles. The molecule has 0 spiro atoms. The van der Waals surface area contributed by atoms with Crippen molar-refractivity contribution in [2.24, 2.45) is 0 Å². The molecule has 0 saturated carbocycles. The van der Waals surface area contributed by atoms with Crippen LogP contribution in [0.4, 0.5) is 5.69 Å². The highest BCUT2D eigenvalue weighted by molar-refractivity contribution is 7.92. The number of nitrogens with zero attached hydrogens (tertiary/aromatic N) is 1. The minimum atomic E-state index is -3.64. The third-order valence-corrected chi connectivity index (χ3v) is 6.43. The van der Waals surface area contributed by atoms with Crippen LogP contribution >= 0.6 is 0 Å². The lowest BCUT2D eigenvalue weighted by atomic mass is 9.86. The predicted octanol–water partition coefficient (Wildman–Crippen LogP) is 4.71. The number of hydrogen-bond donors (Lipinski definition) is 1. The molecule has 2 aromatic carbocycles. The summed E-state index contributed by atoms with van der Waals surface area (Å²) in [5.74, 6) is -0.309. The van der Waals surface area contributed by atoms with Crippen LogP contribution in [0, 0.1) is 6.92 Å². The molecule has 1 N–H and O–H groups in total. The number of amides is 1. The van der Waals surface area contributed by atoms with Gasteiger partial charge in [0.1, 0.15) is 6.04 Å². The number of hydrogen-bond acceptors (Lipinski definition) is 3. The molecule has 0 radical (unpaired) electrons. The highest BCUT2D eigenvalue weighted by Crippen LogP contribution is 2.25. The zero-order valence-electron chi connectivity index (χ0n) is 19.1. The van der Waals surface area contributed by atoms with Gasteiger partial charge in [-0.15, -0.1) is 0 Å². The molecular formula is C24H34N2O3S. The Morgan fingerprint density at radius 2 is 1.57 bits per heavy atom. The van der Waals surface area contributed by atoms with Crippen LogP contribution in [-0.2, 0) is 20.2 Å². The van der Waals surface area contributed by atoms with Crippen LogP contribution in [0.5, 0.6) is 0 Å². The summed E-state index contributed by atoms with van der Waals surface area (Å²) in [5.41, 5.74) is 3.78. The SMILES string of the molecule is CC[C@@H](C(=O)N[C@@H](C)c1ccc(C(C)(C)C)cc1)N(c1ccc(C)cc1)S(C)(=O)=O. The number of carbonyl (C=O) groups is 1. The van der Waals surface area contributed by atoms with E-state index in [2.05, 4.69) is 38.2 Å². The second kappa shape index (κ2) is 9.21. The summed E-state index contributed by atoms with van der Waals surface area (Å²) in [4.78, 5) is 13.1. The van der Waals surface area contributed by atoms with E-state index in [9.17, 15) is 13.2 Å². The Kier molecular flexibility index (Phi) is 7.35. The van der Waals surface area contributed by atoms with Gasteiger partial charge in [-0.25, -0.2) is 8.42 Å². The maximum absolute atomic E-state index is 13.1. The van der Waals surface area contributed by atoms with Gasteiger partial charge in [0.25, 0.3) is 0 Å². The van der Waals surface area contributed by atoms with Gasteiger partial charge < -0.3 is 5.32 Å². The molecule has 0 bridgehead atoms. The predicted molar refractivity (Wildman–Crippen MR) is 124 cm³/mol. The van der Waals surface area contributed by atoms with Gasteiger partial charge >= 0.3 is 0 Å². The summed E-state index contributed by atoms with van der Waals surface area (Å²) in [6, 6.07) is 14.3. The lowest BCUT2D eigenvalue weighted by molar-refractivity contribution is -0.122. The van der Waals surface area contributed by atoms with Crippen LogP contribution in [0.2, 0.25) is 0 Å². The van der Waals surface area contributed by atoms with Crippen molar-refractivity contribution in [1.29, 1.82) is 0 Å². The van der Waals surface area contributed by atoms with Crippen LogP contribution < -0.4 is 9.62 Å². The Morgan fingerprint density at radius 1 is 1.03 bits per heavy atom. The highest BCUT2D eigenvalue weighted by atomic mass is 32.2. The molecule has 1 amide bonds. The third kappa shape index (κ3) is 5.85. The van der Waals surface area contributed by atoms with Crippen LogP contribution in [0.3, 0.4) is 0 Å². The van der Waals surface area contributed by atoms with Crippen molar-refractivity contribution >= 4 is 21.6 Å². The standard InChI is InChI=1S/C24H34N2O3S/c1-8-22(26(30(7,28)29)21-15-9-17(2)10-16-21)23(27)25-18(3)19-11-13-20(14-12-19)24(4,5)6/h9-16,18,22H,8H2,1-7H3,(H,25,27)/t18-,22-/m0/s1. The molecule has 0 saturated heterocycles. The second-order valence-electron chi connectivity index (χ2n) is 8.92. The Labute approximate surface area is 181 Å². The Bertz CT molecular complexity index is 959. The van der Waals surface area contributed by atoms with Gasteiger partial charge in [0.15, 0.2) is 0 Å². The van der Waals surface area contributed by atoms with Gasteiger partial charge in [0.2, 0.25) is 15.9 Å². The molecule has 0 aliphatic carbocycles. The molecule has 30 heavy (non-hydrogen) atoms. The monoisotopic (exact) mass is 430 g/mol. The first-order valence-corrected chi connectivity index (χ1v) is 12.2. The number of sulfonamides is 1. The summed E-state index contributed by atoms with van der Waals surface area (Å²) >= 11 is 0. The van der Waals surface area contributed by atoms with Crippen molar-refractivity contribution < 1.29 is 13.2 Å². The van der Waals surface area contributed by atoms with E-state index in [1.807, 2.05) is 45.0 Å². The largest absolute Gasteiger partial charge is 0.348 e. The van der Waals surface area contributed by atoms with Gasteiger partial charge in [-0.2, -0.15) is 0 Å². The number of aryl methyl sites for hydroxylation is 1. The summed E-state index contributed by atoms with van der Waals surface area (Å²) < 4.78 is 26.3. The zero-order chi connectivity index (χ0) is 22.7. The molecule has 2 rings (SSSR count). The van der Waals surface area contributed by atoms with Crippen LogP contribution in [0.25, 0.3) is 0 Å². The molecular weight excluding hydrogens is 396 g/mol. The van der Waals surface area contributed by atoms with Crippen LogP contribution in [-0.4, -0.2) is 26.6 Å². The van der Waals surface area contributed by atoms with Crippen molar-refractivity contribution in [1.82, 2.24) is 5.32 Å². The van der Waals surface area contributed by atoms with E-state index in [-0.39, 0.29) is 17.4 Å². The van der Waals surface area contributed by atoms with Crippen LogP contribution in [0.15, 0.2) is 48.5 Å². The summed E-state index contributed by atoms with van der Waals surface area (Å²) in [7, 11) is -3.64. The normalized spacial score (nSPS) is 14.1. The van der Waals surface area contributed by atoms with Gasteiger partial charge in [-0.1, -0.05) is 69.7 Å². The smallest absolute Gasteiger partial charge is 0.244 e. The minimum absolute atomic E-state index is 0.0579. The third-order valence-electron chi connectivity index (χ3n) is 5.25. The molecule has 2 atom stereocenters. The topological polar surface area (TPSA) is 66.5 Å². The molecule has 0 aromatic heterocycles. The maximum atomic E-state index is 13.1. The zero-order valence-corrected chi connectivity index (χ0v) is 19.9. The van der Waals surface area contributed by atoms with Gasteiger partial charge in [-0.3, -0.25) is 9.10 Å². The first-order chi connectivity index (χ1) is 13.8. The number of anilines is 1. The molecule has 2 aromatic rings. The van der Waals surface area contributed by atoms with E-state index >= 15 is 0 Å². The maximum Gasteiger partial charge on any atom is 0.244 e. The second-order valence-corrected chi connectivity index (χ2v) is 10.8. The minimum Gasteiger partial charge on any atom is -0.348 e. The lowest BCUT2D eigenvalue weighted by Crippen LogP contribution is -2.49. The fraction of sp³-hybridized carbons (Fsp3) is 0.458. The molecule has 0 fully saturated rings. The van der Waals surface area contributed by atoms with E-state index in [4.69, 9.17) is 0 Å². The summed E-state index contributed by atoms with van der Waals surface area (Å²) in [5, 5.41) is 2.99. The average Bonchev–Trinajstić information content (AvgIpc) is 2.65. The first-order valence-electron chi connectivity index (χ1n) is 10.3. The van der Waals surface area contributed by atoms with E-state index in [1.165, 1.54) is 9.87 Å². The molecule has 0 unspecified atom stereocenters. The fourth-order valence-electron chi connectivity index (χ4n) is 3.42. The van der Waals surface area contributed by atoms with E-state index < -0.39 is 16.1 Å². The molecule has 164 valence electrons. The number of rotatable bonds is 7. The number of nitrogens with one attached hydrogen (secondary N) is 1.